The molecule has 148 valence electrons. The highest BCUT2D eigenvalue weighted by Crippen LogP contribution is 2.22. The Balaban J connectivity index is 1.62. The Bertz CT molecular complexity index is 1010. The Morgan fingerprint density at radius 2 is 1.62 bits per heavy atom. The molecule has 0 bridgehead atoms. The molecule has 3 rings (SSSR count). The zero-order chi connectivity index (χ0) is 20.8. The summed E-state index contributed by atoms with van der Waals surface area (Å²) in [7, 11) is 0. The zero-order valence-electron chi connectivity index (χ0n) is 16.8. The van der Waals surface area contributed by atoms with Crippen molar-refractivity contribution in [1.82, 2.24) is 0 Å². The van der Waals surface area contributed by atoms with Gasteiger partial charge in [0.05, 0.1) is 0 Å². The largest absolute Gasteiger partial charge is 0.482 e. The van der Waals surface area contributed by atoms with E-state index in [0.29, 0.717) is 34.1 Å². The standard InChI is InChI=1S/C25H24O4/c1-17(2)20-10-7-11-22(15-20)28-16-24(26)29-23-13-12-21(14-18(23)3)25(27)19-8-5-4-6-9-19/h4-15,17H,16H2,1-3H3. The zero-order valence-corrected chi connectivity index (χ0v) is 16.8. The molecule has 0 aromatic heterocycles. The van der Waals surface area contributed by atoms with Gasteiger partial charge in [0.25, 0.3) is 0 Å². The van der Waals surface area contributed by atoms with E-state index in [1.54, 1.807) is 37.3 Å². The molecule has 0 saturated carbocycles. The molecule has 0 N–H and O–H groups in total. The molecular formula is C25H24O4. The van der Waals surface area contributed by atoms with E-state index in [0.717, 1.165) is 5.56 Å². The van der Waals surface area contributed by atoms with Gasteiger partial charge in [-0.2, -0.15) is 0 Å². The van der Waals surface area contributed by atoms with Gasteiger partial charge in [-0.1, -0.05) is 56.3 Å². The highest BCUT2D eigenvalue weighted by molar-refractivity contribution is 6.09. The van der Waals surface area contributed by atoms with Crippen molar-refractivity contribution < 1.29 is 19.1 Å². The van der Waals surface area contributed by atoms with Crippen LogP contribution in [0.2, 0.25) is 0 Å². The second-order valence-electron chi connectivity index (χ2n) is 7.17. The maximum absolute atomic E-state index is 12.5. The quantitative estimate of drug-likeness (QED) is 0.312. The van der Waals surface area contributed by atoms with E-state index in [9.17, 15) is 9.59 Å². The number of carbonyl (C=O) groups is 2. The van der Waals surface area contributed by atoms with Crippen molar-refractivity contribution in [3.05, 3.63) is 95.1 Å². The molecule has 4 nitrogen and oxygen atoms in total. The fourth-order valence-corrected chi connectivity index (χ4v) is 2.92. The third-order valence-electron chi connectivity index (χ3n) is 4.58. The van der Waals surface area contributed by atoms with Crippen LogP contribution in [0.1, 0.15) is 46.8 Å². The predicted molar refractivity (Wildman–Crippen MR) is 113 cm³/mol. The highest BCUT2D eigenvalue weighted by atomic mass is 16.6. The van der Waals surface area contributed by atoms with E-state index >= 15 is 0 Å². The van der Waals surface area contributed by atoms with Gasteiger partial charge >= 0.3 is 5.97 Å². The van der Waals surface area contributed by atoms with Crippen LogP contribution in [0.4, 0.5) is 0 Å². The Morgan fingerprint density at radius 1 is 0.862 bits per heavy atom. The van der Waals surface area contributed by atoms with Gasteiger partial charge in [-0.25, -0.2) is 4.79 Å². The molecule has 29 heavy (non-hydrogen) atoms. The van der Waals surface area contributed by atoms with Crippen LogP contribution in [0, 0.1) is 6.92 Å². The monoisotopic (exact) mass is 388 g/mol. The van der Waals surface area contributed by atoms with Gasteiger partial charge in [0.2, 0.25) is 0 Å². The number of hydrogen-bond acceptors (Lipinski definition) is 4. The second kappa shape index (κ2) is 9.20. The second-order valence-corrected chi connectivity index (χ2v) is 7.17. The van der Waals surface area contributed by atoms with Crippen molar-refractivity contribution >= 4 is 11.8 Å². The molecule has 4 heteroatoms. The first-order chi connectivity index (χ1) is 13.9. The molecule has 0 radical (unpaired) electrons. The van der Waals surface area contributed by atoms with Crippen LogP contribution in [0.25, 0.3) is 0 Å². The molecule has 0 aliphatic rings. The van der Waals surface area contributed by atoms with Gasteiger partial charge < -0.3 is 9.47 Å². The van der Waals surface area contributed by atoms with Crippen molar-refractivity contribution in [3.63, 3.8) is 0 Å². The van der Waals surface area contributed by atoms with Crippen LogP contribution in [-0.4, -0.2) is 18.4 Å². The van der Waals surface area contributed by atoms with Gasteiger partial charge in [-0.05, 0) is 54.3 Å². The first-order valence-electron chi connectivity index (χ1n) is 9.58. The first-order valence-corrected chi connectivity index (χ1v) is 9.58. The molecule has 0 unspecified atom stereocenters. The van der Waals surface area contributed by atoms with Crippen molar-refractivity contribution in [2.45, 2.75) is 26.7 Å². The molecule has 0 fully saturated rings. The normalized spacial score (nSPS) is 10.6. The average molecular weight is 388 g/mol. The van der Waals surface area contributed by atoms with Crippen LogP contribution >= 0.6 is 0 Å². The Hall–Kier alpha value is -3.40. The molecule has 0 heterocycles. The maximum Gasteiger partial charge on any atom is 0.349 e. The minimum absolute atomic E-state index is 0.0695. The smallest absolute Gasteiger partial charge is 0.349 e. The van der Waals surface area contributed by atoms with Crippen LogP contribution < -0.4 is 9.47 Å². The summed E-state index contributed by atoms with van der Waals surface area (Å²) in [6, 6.07) is 21.8. The molecule has 0 atom stereocenters. The summed E-state index contributed by atoms with van der Waals surface area (Å²) in [5, 5.41) is 0. The number of benzene rings is 3. The fourth-order valence-electron chi connectivity index (χ4n) is 2.92. The predicted octanol–water partition coefficient (Wildman–Crippen LogP) is 5.33. The molecule has 0 saturated heterocycles. The van der Waals surface area contributed by atoms with E-state index in [2.05, 4.69) is 13.8 Å². The third kappa shape index (κ3) is 5.32. The molecule has 0 aliphatic carbocycles. The van der Waals surface area contributed by atoms with Crippen molar-refractivity contribution in [2.24, 2.45) is 0 Å². The van der Waals surface area contributed by atoms with Gasteiger partial charge in [0, 0.05) is 11.1 Å². The fraction of sp³-hybridized carbons (Fsp3) is 0.200. The van der Waals surface area contributed by atoms with E-state index in [-0.39, 0.29) is 12.4 Å². The summed E-state index contributed by atoms with van der Waals surface area (Å²) >= 11 is 0. The lowest BCUT2D eigenvalue weighted by molar-refractivity contribution is -0.136. The summed E-state index contributed by atoms with van der Waals surface area (Å²) in [6.07, 6.45) is 0. The Kier molecular flexibility index (Phi) is 6.45. The lowest BCUT2D eigenvalue weighted by Gasteiger charge is -2.11. The third-order valence-corrected chi connectivity index (χ3v) is 4.58. The summed E-state index contributed by atoms with van der Waals surface area (Å²) in [6.45, 7) is 5.81. The Labute approximate surface area is 171 Å². The van der Waals surface area contributed by atoms with Crippen molar-refractivity contribution in [1.29, 1.82) is 0 Å². The lowest BCUT2D eigenvalue weighted by atomic mass is 10.0. The number of esters is 1. The van der Waals surface area contributed by atoms with Crippen molar-refractivity contribution in [2.75, 3.05) is 6.61 Å². The number of rotatable bonds is 7. The van der Waals surface area contributed by atoms with Crippen molar-refractivity contribution in [3.8, 4) is 11.5 Å². The van der Waals surface area contributed by atoms with Gasteiger partial charge in [-0.15, -0.1) is 0 Å². The summed E-state index contributed by atoms with van der Waals surface area (Å²) in [5.41, 5.74) is 3.02. The van der Waals surface area contributed by atoms with Crippen LogP contribution in [0.15, 0.2) is 72.8 Å². The number of hydrogen-bond donors (Lipinski definition) is 0. The van der Waals surface area contributed by atoms with Crippen LogP contribution in [-0.2, 0) is 4.79 Å². The summed E-state index contributed by atoms with van der Waals surface area (Å²) in [5.74, 6) is 0.864. The van der Waals surface area contributed by atoms with Gasteiger partial charge in [0.1, 0.15) is 11.5 Å². The Morgan fingerprint density at radius 3 is 2.31 bits per heavy atom. The highest BCUT2D eigenvalue weighted by Gasteiger charge is 2.13. The number of ketones is 1. The number of aryl methyl sites for hydroxylation is 1. The summed E-state index contributed by atoms with van der Waals surface area (Å²) in [4.78, 5) is 24.7. The van der Waals surface area contributed by atoms with E-state index in [4.69, 9.17) is 9.47 Å². The topological polar surface area (TPSA) is 52.6 Å². The molecule has 0 aliphatic heterocycles. The SMILES string of the molecule is Cc1cc(C(=O)c2ccccc2)ccc1OC(=O)COc1cccc(C(C)C)c1. The first kappa shape index (κ1) is 20.3. The van der Waals surface area contributed by atoms with E-state index in [1.165, 1.54) is 0 Å². The molecule has 3 aromatic rings. The molecule has 0 amide bonds. The maximum atomic E-state index is 12.5. The lowest BCUT2D eigenvalue weighted by Crippen LogP contribution is -2.18. The number of carbonyl (C=O) groups excluding carboxylic acids is 2. The van der Waals surface area contributed by atoms with Crippen LogP contribution in [0.5, 0.6) is 11.5 Å². The molecular weight excluding hydrogens is 364 g/mol. The van der Waals surface area contributed by atoms with E-state index in [1.807, 2.05) is 42.5 Å². The minimum atomic E-state index is -0.495. The van der Waals surface area contributed by atoms with Gasteiger partial charge in [-0.3, -0.25) is 4.79 Å². The molecule has 0 spiro atoms. The molecule has 3 aromatic carbocycles. The van der Waals surface area contributed by atoms with Crippen LogP contribution in [0.3, 0.4) is 0 Å². The van der Waals surface area contributed by atoms with Gasteiger partial charge in [0.15, 0.2) is 12.4 Å². The number of ether oxygens (including phenoxy) is 2. The van der Waals surface area contributed by atoms with E-state index < -0.39 is 5.97 Å². The average Bonchev–Trinajstić information content (AvgIpc) is 2.74. The minimum Gasteiger partial charge on any atom is -0.482 e. The summed E-state index contributed by atoms with van der Waals surface area (Å²) < 4.78 is 11.0.